The third-order valence-corrected chi connectivity index (χ3v) is 7.10. The molecule has 0 amide bonds. The van der Waals surface area contributed by atoms with Crippen LogP contribution in [0.2, 0.25) is 0 Å². The predicted octanol–water partition coefficient (Wildman–Crippen LogP) is 2.83. The van der Waals surface area contributed by atoms with Crippen LogP contribution >= 0.6 is 22.9 Å². The predicted molar refractivity (Wildman–Crippen MR) is 113 cm³/mol. The highest BCUT2D eigenvalue weighted by Gasteiger charge is 2.41. The second-order valence-corrected chi connectivity index (χ2v) is 8.90. The number of hydrazine groups is 1. The third-order valence-electron chi connectivity index (χ3n) is 5.56. The summed E-state index contributed by atoms with van der Waals surface area (Å²) in [5.74, 6) is -0.323. The fourth-order valence-electron chi connectivity index (χ4n) is 4.07. The van der Waals surface area contributed by atoms with Gasteiger partial charge >= 0.3 is 5.97 Å². The van der Waals surface area contributed by atoms with Gasteiger partial charge in [-0.2, -0.15) is 0 Å². The molecule has 4 N–H and O–H groups in total. The zero-order valence-corrected chi connectivity index (χ0v) is 17.3. The monoisotopic (exact) mass is 446 g/mol. The van der Waals surface area contributed by atoms with Crippen molar-refractivity contribution in [1.29, 1.82) is 0 Å². The minimum Gasteiger partial charge on any atom is -0.478 e. The molecule has 1 aliphatic heterocycles. The molecule has 1 aliphatic carbocycles. The van der Waals surface area contributed by atoms with E-state index in [1.807, 2.05) is 0 Å². The van der Waals surface area contributed by atoms with Crippen LogP contribution in [0, 0.1) is 5.92 Å². The number of nitrogens with one attached hydrogen (secondary N) is 3. The molecule has 2 aromatic heterocycles. The van der Waals surface area contributed by atoms with Crippen molar-refractivity contribution in [3.8, 4) is 22.0 Å². The van der Waals surface area contributed by atoms with Crippen molar-refractivity contribution in [2.45, 2.75) is 30.3 Å². The highest BCUT2D eigenvalue weighted by molar-refractivity contribution is 7.18. The number of aromatic nitrogens is 3. The Morgan fingerprint density at radius 1 is 1.27 bits per heavy atom. The number of oxazole rings is 1. The molecule has 156 valence electrons. The fraction of sp³-hybridized carbons (Fsp3) is 0.368. The molecule has 3 heterocycles. The number of hydrogen-bond acceptors (Lipinski definition) is 9. The Morgan fingerprint density at radius 3 is 2.93 bits per heavy atom. The molecule has 5 rings (SSSR count). The van der Waals surface area contributed by atoms with E-state index in [0.717, 1.165) is 19.4 Å². The molecular weight excluding hydrogens is 428 g/mol. The lowest BCUT2D eigenvalue weighted by Crippen LogP contribution is -2.47. The van der Waals surface area contributed by atoms with Crippen LogP contribution in [0.5, 0.6) is 0 Å². The molecule has 9 nitrogen and oxygen atoms in total. The largest absolute Gasteiger partial charge is 0.478 e. The maximum absolute atomic E-state index is 11.6. The number of rotatable bonds is 5. The minimum absolute atomic E-state index is 0.0226. The van der Waals surface area contributed by atoms with Gasteiger partial charge in [0.05, 0.1) is 17.1 Å². The van der Waals surface area contributed by atoms with E-state index >= 15 is 0 Å². The Labute approximate surface area is 180 Å². The molecule has 2 aliphatic rings. The maximum atomic E-state index is 11.6. The second kappa shape index (κ2) is 7.95. The number of fused-ring (bicyclic) bond motifs is 1. The fourth-order valence-corrected chi connectivity index (χ4v) is 5.31. The number of alkyl halides is 1. The molecule has 0 spiro atoms. The number of carbonyl (C=O) groups is 1. The third kappa shape index (κ3) is 3.67. The van der Waals surface area contributed by atoms with E-state index in [0.29, 0.717) is 39.1 Å². The minimum atomic E-state index is -1.03. The first kappa shape index (κ1) is 19.4. The number of carboxylic acids is 1. The summed E-state index contributed by atoms with van der Waals surface area (Å²) in [6.07, 6.45) is 4.93. The van der Waals surface area contributed by atoms with Crippen LogP contribution in [0.15, 0.2) is 35.1 Å². The SMILES string of the molecule is O=C(O)c1cc(-c2ncco2)cc(-c2nnc(NC3CCC4NNCC4C3Cl)s2)c1. The lowest BCUT2D eigenvalue weighted by atomic mass is 9.82. The number of carboxylic acid groups (broad SMARTS) is 1. The lowest BCUT2D eigenvalue weighted by Gasteiger charge is -2.35. The normalized spacial score (nSPS) is 25.8. The van der Waals surface area contributed by atoms with Crippen LogP contribution in [0.3, 0.4) is 0 Å². The van der Waals surface area contributed by atoms with E-state index in [-0.39, 0.29) is 17.0 Å². The Balaban J connectivity index is 1.39. The first-order chi connectivity index (χ1) is 14.6. The molecule has 1 saturated carbocycles. The summed E-state index contributed by atoms with van der Waals surface area (Å²) in [4.78, 5) is 15.7. The van der Waals surface area contributed by atoms with Crippen LogP contribution in [-0.4, -0.2) is 50.3 Å². The van der Waals surface area contributed by atoms with Crippen LogP contribution in [0.25, 0.3) is 22.0 Å². The van der Waals surface area contributed by atoms with Gasteiger partial charge in [-0.05, 0) is 31.0 Å². The lowest BCUT2D eigenvalue weighted by molar-refractivity contribution is 0.0697. The standard InChI is InChI=1S/C19H19ClN6O3S/c20-15-12-8-22-24-13(12)1-2-14(15)23-19-26-25-17(30-19)10-5-9(16-21-3-4-29-16)6-11(7-10)18(27)28/h3-7,12-15,22,24H,1-2,8H2,(H,23,26)(H,27,28). The second-order valence-electron chi connectivity index (χ2n) is 7.42. The molecule has 0 bridgehead atoms. The van der Waals surface area contributed by atoms with Gasteiger partial charge in [-0.3, -0.25) is 10.9 Å². The zero-order valence-electron chi connectivity index (χ0n) is 15.7. The quantitative estimate of drug-likeness (QED) is 0.437. The molecule has 30 heavy (non-hydrogen) atoms. The maximum Gasteiger partial charge on any atom is 0.335 e. The van der Waals surface area contributed by atoms with E-state index in [4.69, 9.17) is 16.0 Å². The Morgan fingerprint density at radius 2 is 2.13 bits per heavy atom. The molecule has 2 fully saturated rings. The summed E-state index contributed by atoms with van der Waals surface area (Å²) in [5, 5.41) is 22.7. The average Bonchev–Trinajstić information content (AvgIpc) is 3.51. The smallest absolute Gasteiger partial charge is 0.335 e. The Hall–Kier alpha value is -2.53. The van der Waals surface area contributed by atoms with Gasteiger partial charge in [-0.15, -0.1) is 21.8 Å². The van der Waals surface area contributed by atoms with Crippen molar-refractivity contribution < 1.29 is 14.3 Å². The molecule has 3 aromatic rings. The van der Waals surface area contributed by atoms with E-state index in [1.54, 1.807) is 12.1 Å². The highest BCUT2D eigenvalue weighted by atomic mass is 35.5. The van der Waals surface area contributed by atoms with Gasteiger partial charge in [-0.1, -0.05) is 11.3 Å². The summed E-state index contributed by atoms with van der Waals surface area (Å²) < 4.78 is 5.32. The molecule has 11 heteroatoms. The van der Waals surface area contributed by atoms with Crippen LogP contribution in [-0.2, 0) is 0 Å². The van der Waals surface area contributed by atoms with Gasteiger partial charge in [0.2, 0.25) is 11.0 Å². The Kier molecular flexibility index (Phi) is 5.15. The number of anilines is 1. The Bertz CT molecular complexity index is 1060. The molecule has 1 saturated heterocycles. The summed E-state index contributed by atoms with van der Waals surface area (Å²) in [7, 11) is 0. The van der Waals surface area contributed by atoms with Gasteiger partial charge in [0.15, 0.2) is 0 Å². The molecule has 4 unspecified atom stereocenters. The number of halogens is 1. The van der Waals surface area contributed by atoms with Crippen molar-refractivity contribution in [1.82, 2.24) is 26.0 Å². The molecule has 0 radical (unpaired) electrons. The van der Waals surface area contributed by atoms with Gasteiger partial charge in [0.1, 0.15) is 11.3 Å². The number of aromatic carboxylic acids is 1. The van der Waals surface area contributed by atoms with Crippen molar-refractivity contribution in [3.63, 3.8) is 0 Å². The molecule has 4 atom stereocenters. The van der Waals surface area contributed by atoms with Crippen LogP contribution < -0.4 is 16.2 Å². The van der Waals surface area contributed by atoms with E-state index < -0.39 is 5.97 Å². The van der Waals surface area contributed by atoms with E-state index in [1.165, 1.54) is 29.9 Å². The van der Waals surface area contributed by atoms with Crippen molar-refractivity contribution >= 4 is 34.0 Å². The molecule has 1 aromatic carbocycles. The van der Waals surface area contributed by atoms with Crippen molar-refractivity contribution in [2.24, 2.45) is 5.92 Å². The summed E-state index contributed by atoms with van der Waals surface area (Å²) in [6, 6.07) is 5.41. The first-order valence-electron chi connectivity index (χ1n) is 9.59. The first-order valence-corrected chi connectivity index (χ1v) is 10.8. The van der Waals surface area contributed by atoms with Gasteiger partial charge in [0, 0.05) is 35.7 Å². The molecular formula is C19H19ClN6O3S. The van der Waals surface area contributed by atoms with E-state index in [9.17, 15) is 9.90 Å². The summed E-state index contributed by atoms with van der Waals surface area (Å²) in [6.45, 7) is 0.851. The van der Waals surface area contributed by atoms with Gasteiger partial charge < -0.3 is 14.8 Å². The van der Waals surface area contributed by atoms with Crippen LogP contribution in [0.1, 0.15) is 23.2 Å². The number of hydrogen-bond donors (Lipinski definition) is 4. The van der Waals surface area contributed by atoms with Gasteiger partial charge in [-0.25, -0.2) is 9.78 Å². The average molecular weight is 447 g/mol. The number of nitrogens with zero attached hydrogens (tertiary/aromatic N) is 3. The van der Waals surface area contributed by atoms with Crippen LogP contribution in [0.4, 0.5) is 5.13 Å². The summed E-state index contributed by atoms with van der Waals surface area (Å²) >= 11 is 8.09. The highest BCUT2D eigenvalue weighted by Crippen LogP contribution is 2.35. The van der Waals surface area contributed by atoms with Crippen molar-refractivity contribution in [2.75, 3.05) is 11.9 Å². The number of benzene rings is 1. The topological polar surface area (TPSA) is 125 Å². The summed E-state index contributed by atoms with van der Waals surface area (Å²) in [5.41, 5.74) is 7.81. The van der Waals surface area contributed by atoms with E-state index in [2.05, 4.69) is 31.3 Å². The van der Waals surface area contributed by atoms with Crippen molar-refractivity contribution in [3.05, 3.63) is 36.2 Å². The van der Waals surface area contributed by atoms with Gasteiger partial charge in [0.25, 0.3) is 0 Å². The zero-order chi connectivity index (χ0) is 20.7.